The lowest BCUT2D eigenvalue weighted by Crippen LogP contribution is -2.50. The molecule has 1 aromatic heterocycles. The van der Waals surface area contributed by atoms with Crippen molar-refractivity contribution in [3.05, 3.63) is 29.5 Å². The molecule has 1 aliphatic rings. The third-order valence-corrected chi connectivity index (χ3v) is 3.75. The van der Waals surface area contributed by atoms with Gasteiger partial charge in [-0.1, -0.05) is 0 Å². The van der Waals surface area contributed by atoms with Gasteiger partial charge in [-0.2, -0.15) is 0 Å². The molecule has 0 amide bonds. The molecule has 20 heavy (non-hydrogen) atoms. The Labute approximate surface area is 119 Å². The van der Waals surface area contributed by atoms with Crippen LogP contribution in [-0.2, 0) is 4.79 Å². The van der Waals surface area contributed by atoms with Gasteiger partial charge in [0.05, 0.1) is 0 Å². The second-order valence-corrected chi connectivity index (χ2v) is 5.36. The van der Waals surface area contributed by atoms with Gasteiger partial charge >= 0.3 is 5.97 Å². The summed E-state index contributed by atoms with van der Waals surface area (Å²) in [5.41, 5.74) is 1.89. The van der Waals surface area contributed by atoms with Gasteiger partial charge in [-0.3, -0.25) is 0 Å². The second kappa shape index (κ2) is 6.05. The molecule has 5 nitrogen and oxygen atoms in total. The summed E-state index contributed by atoms with van der Waals surface area (Å²) in [5, 5.41) is 8.64. The van der Waals surface area contributed by atoms with Gasteiger partial charge in [0, 0.05) is 37.9 Å². The minimum atomic E-state index is -0.945. The molecule has 1 atom stereocenters. The zero-order chi connectivity index (χ0) is 14.7. The monoisotopic (exact) mass is 275 g/mol. The first-order valence-corrected chi connectivity index (χ1v) is 6.80. The molecule has 2 heterocycles. The van der Waals surface area contributed by atoms with Crippen LogP contribution in [0.5, 0.6) is 0 Å². The number of carbonyl (C=O) groups is 1. The highest BCUT2D eigenvalue weighted by molar-refractivity contribution is 5.85. The zero-order valence-electron chi connectivity index (χ0n) is 12.2. The van der Waals surface area contributed by atoms with Crippen molar-refractivity contribution in [1.29, 1.82) is 0 Å². The molecule has 0 aliphatic carbocycles. The fourth-order valence-electron chi connectivity index (χ4n) is 2.42. The molecule has 108 valence electrons. The smallest absolute Gasteiger partial charge is 0.328 e. The number of aryl methyl sites for hydroxylation is 1. The summed E-state index contributed by atoms with van der Waals surface area (Å²) < 4.78 is 0. The Kier molecular flexibility index (Phi) is 4.39. The number of likely N-dealkylation sites (N-methyl/N-ethyl adjacent to an activating group) is 1. The second-order valence-electron chi connectivity index (χ2n) is 5.36. The Hall–Kier alpha value is -1.88. The standard InChI is InChI=1S/C15H21N3O2/c1-11-8-13(4-5-14(19)20)9-16-15(11)18-7-6-17(3)12(2)10-18/h4-5,8-9,12H,6-7,10H2,1-3H3,(H,19,20)/b5-4+. The van der Waals surface area contributed by atoms with Crippen molar-refractivity contribution in [2.24, 2.45) is 0 Å². The quantitative estimate of drug-likeness (QED) is 0.850. The van der Waals surface area contributed by atoms with Gasteiger partial charge in [0.2, 0.25) is 0 Å². The summed E-state index contributed by atoms with van der Waals surface area (Å²) in [4.78, 5) is 19.7. The molecule has 1 unspecified atom stereocenters. The topological polar surface area (TPSA) is 56.7 Å². The molecule has 5 heteroatoms. The molecule has 1 fully saturated rings. The van der Waals surface area contributed by atoms with Crippen molar-refractivity contribution in [1.82, 2.24) is 9.88 Å². The van der Waals surface area contributed by atoms with Crippen LogP contribution < -0.4 is 4.90 Å². The molecule has 0 bridgehead atoms. The Balaban J connectivity index is 2.15. The normalized spacial score (nSPS) is 20.6. The molecule has 0 aromatic carbocycles. The highest BCUT2D eigenvalue weighted by Crippen LogP contribution is 2.21. The largest absolute Gasteiger partial charge is 0.478 e. The predicted octanol–water partition coefficient (Wildman–Crippen LogP) is 1.63. The van der Waals surface area contributed by atoms with Gasteiger partial charge < -0.3 is 14.9 Å². The van der Waals surface area contributed by atoms with Gasteiger partial charge in [0.1, 0.15) is 5.82 Å². The molecule has 1 aromatic rings. The summed E-state index contributed by atoms with van der Waals surface area (Å²) in [7, 11) is 2.14. The number of aliphatic carboxylic acids is 1. The minimum absolute atomic E-state index is 0.511. The maximum absolute atomic E-state index is 10.5. The SMILES string of the molecule is Cc1cc(/C=C/C(=O)O)cnc1N1CCN(C)C(C)C1. The van der Waals surface area contributed by atoms with Gasteiger partial charge in [-0.15, -0.1) is 0 Å². The number of nitrogens with zero attached hydrogens (tertiary/aromatic N) is 3. The van der Waals surface area contributed by atoms with E-state index >= 15 is 0 Å². The summed E-state index contributed by atoms with van der Waals surface area (Å²) in [6.45, 7) is 7.20. The summed E-state index contributed by atoms with van der Waals surface area (Å²) >= 11 is 0. The minimum Gasteiger partial charge on any atom is -0.478 e. The summed E-state index contributed by atoms with van der Waals surface area (Å²) in [6, 6.07) is 2.49. The third kappa shape index (κ3) is 3.36. The lowest BCUT2D eigenvalue weighted by molar-refractivity contribution is -0.131. The number of carboxylic acid groups (broad SMARTS) is 1. The number of rotatable bonds is 3. The number of hydrogen-bond acceptors (Lipinski definition) is 4. The van der Waals surface area contributed by atoms with Crippen LogP contribution in [0, 0.1) is 6.92 Å². The van der Waals surface area contributed by atoms with E-state index in [1.54, 1.807) is 12.3 Å². The first kappa shape index (κ1) is 14.5. The molecule has 0 spiro atoms. The van der Waals surface area contributed by atoms with Crippen molar-refractivity contribution in [3.8, 4) is 0 Å². The van der Waals surface area contributed by atoms with E-state index in [0.29, 0.717) is 6.04 Å². The number of pyridine rings is 1. The van der Waals surface area contributed by atoms with E-state index in [4.69, 9.17) is 5.11 Å². The van der Waals surface area contributed by atoms with Crippen molar-refractivity contribution in [2.45, 2.75) is 19.9 Å². The van der Waals surface area contributed by atoms with Crippen molar-refractivity contribution in [3.63, 3.8) is 0 Å². The fraction of sp³-hybridized carbons (Fsp3) is 0.467. The van der Waals surface area contributed by atoms with Crippen LogP contribution in [0.25, 0.3) is 6.08 Å². The van der Waals surface area contributed by atoms with Crippen molar-refractivity contribution >= 4 is 17.9 Å². The lowest BCUT2D eigenvalue weighted by atomic mass is 10.1. The number of carboxylic acids is 1. The predicted molar refractivity (Wildman–Crippen MR) is 79.9 cm³/mol. The van der Waals surface area contributed by atoms with Crippen molar-refractivity contribution in [2.75, 3.05) is 31.6 Å². The van der Waals surface area contributed by atoms with E-state index in [2.05, 4.69) is 28.8 Å². The van der Waals surface area contributed by atoms with E-state index in [9.17, 15) is 4.79 Å². The van der Waals surface area contributed by atoms with E-state index in [1.165, 1.54) is 0 Å². The molecule has 1 aliphatic heterocycles. The Morgan fingerprint density at radius 1 is 1.50 bits per heavy atom. The van der Waals surface area contributed by atoms with Crippen LogP contribution in [-0.4, -0.2) is 53.7 Å². The van der Waals surface area contributed by atoms with Crippen molar-refractivity contribution < 1.29 is 9.90 Å². The van der Waals surface area contributed by atoms with E-state index < -0.39 is 5.97 Å². The van der Waals surface area contributed by atoms with E-state index in [0.717, 1.165) is 42.7 Å². The number of aromatic nitrogens is 1. The van der Waals surface area contributed by atoms with Gasteiger partial charge in [0.15, 0.2) is 0 Å². The van der Waals surface area contributed by atoms with E-state index in [1.807, 2.05) is 13.0 Å². The zero-order valence-corrected chi connectivity index (χ0v) is 12.2. The number of piperazine rings is 1. The molecule has 1 N–H and O–H groups in total. The molecular weight excluding hydrogens is 254 g/mol. The molecule has 1 saturated heterocycles. The lowest BCUT2D eigenvalue weighted by Gasteiger charge is -2.38. The average molecular weight is 275 g/mol. The highest BCUT2D eigenvalue weighted by Gasteiger charge is 2.22. The first-order valence-electron chi connectivity index (χ1n) is 6.80. The third-order valence-electron chi connectivity index (χ3n) is 3.75. The molecule has 0 saturated carbocycles. The van der Waals surface area contributed by atoms with Gasteiger partial charge in [-0.25, -0.2) is 9.78 Å². The molecule has 2 rings (SSSR count). The Morgan fingerprint density at radius 3 is 2.85 bits per heavy atom. The Bertz CT molecular complexity index is 528. The summed E-state index contributed by atoms with van der Waals surface area (Å²) in [5.74, 6) is 0.0528. The maximum atomic E-state index is 10.5. The average Bonchev–Trinajstić information content (AvgIpc) is 2.40. The molecular formula is C15H21N3O2. The number of anilines is 1. The highest BCUT2D eigenvalue weighted by atomic mass is 16.4. The molecule has 0 radical (unpaired) electrons. The van der Waals surface area contributed by atoms with Gasteiger partial charge in [0.25, 0.3) is 0 Å². The Morgan fingerprint density at radius 2 is 2.25 bits per heavy atom. The van der Waals surface area contributed by atoms with Crippen LogP contribution in [0.3, 0.4) is 0 Å². The van der Waals surface area contributed by atoms with E-state index in [-0.39, 0.29) is 0 Å². The summed E-state index contributed by atoms with van der Waals surface area (Å²) in [6.07, 6.45) is 4.43. The maximum Gasteiger partial charge on any atom is 0.328 e. The van der Waals surface area contributed by atoms with Gasteiger partial charge in [-0.05, 0) is 44.2 Å². The van der Waals surface area contributed by atoms with Crippen LogP contribution >= 0.6 is 0 Å². The number of hydrogen-bond donors (Lipinski definition) is 1. The first-order chi connectivity index (χ1) is 9.47. The van der Waals surface area contributed by atoms with Crippen LogP contribution in [0.1, 0.15) is 18.1 Å². The van der Waals surface area contributed by atoms with Crippen LogP contribution in [0.15, 0.2) is 18.3 Å². The van der Waals surface area contributed by atoms with Crippen LogP contribution in [0.2, 0.25) is 0 Å². The fourth-order valence-corrected chi connectivity index (χ4v) is 2.42. The van der Waals surface area contributed by atoms with Crippen LogP contribution in [0.4, 0.5) is 5.82 Å².